The van der Waals surface area contributed by atoms with Crippen LogP contribution in [0.5, 0.6) is 0 Å². The number of H-pyrrole nitrogens is 1. The molecule has 0 bridgehead atoms. The zero-order valence-corrected chi connectivity index (χ0v) is 8.79. The molecule has 2 N–H and O–H groups in total. The molecule has 0 radical (unpaired) electrons. The van der Waals surface area contributed by atoms with Crippen molar-refractivity contribution >= 4 is 5.95 Å². The topological polar surface area (TPSA) is 61.0 Å². The molecule has 1 rings (SSSR count). The lowest BCUT2D eigenvalue weighted by molar-refractivity contribution is 0.425. The molecule has 1 aromatic heterocycles. The van der Waals surface area contributed by atoms with Gasteiger partial charge in [-0.3, -0.25) is 9.78 Å². The van der Waals surface area contributed by atoms with Crippen molar-refractivity contribution in [2.45, 2.75) is 6.92 Å². The van der Waals surface area contributed by atoms with Crippen LogP contribution in [0.2, 0.25) is 0 Å². The fourth-order valence-electron chi connectivity index (χ4n) is 1.06. The van der Waals surface area contributed by atoms with Gasteiger partial charge >= 0.3 is 0 Å². The first-order valence-corrected chi connectivity index (χ1v) is 4.54. The van der Waals surface area contributed by atoms with Crippen LogP contribution in [0.3, 0.4) is 0 Å². The molecule has 0 spiro atoms. The summed E-state index contributed by atoms with van der Waals surface area (Å²) >= 11 is 0. The number of likely N-dealkylation sites (N-methyl/N-ethyl adjacent to an activating group) is 1. The van der Waals surface area contributed by atoms with E-state index in [0.29, 0.717) is 5.95 Å². The molecule has 0 saturated heterocycles. The number of anilines is 1. The van der Waals surface area contributed by atoms with Gasteiger partial charge in [-0.25, -0.2) is 4.98 Å². The highest BCUT2D eigenvalue weighted by Crippen LogP contribution is 1.94. The number of nitrogens with zero attached hydrogens (tertiary/aromatic N) is 2. The second-order valence-corrected chi connectivity index (χ2v) is 3.47. The van der Waals surface area contributed by atoms with Crippen molar-refractivity contribution in [2.75, 3.05) is 32.5 Å². The molecule has 1 heterocycles. The van der Waals surface area contributed by atoms with Crippen molar-refractivity contribution < 1.29 is 0 Å². The molecule has 5 nitrogen and oxygen atoms in total. The van der Waals surface area contributed by atoms with E-state index in [-0.39, 0.29) is 5.56 Å². The van der Waals surface area contributed by atoms with E-state index in [1.165, 1.54) is 6.07 Å². The predicted octanol–water partition coefficient (Wildman–Crippen LogP) is 0.0518. The van der Waals surface area contributed by atoms with E-state index in [2.05, 4.69) is 20.2 Å². The van der Waals surface area contributed by atoms with Gasteiger partial charge in [0, 0.05) is 24.8 Å². The van der Waals surface area contributed by atoms with Gasteiger partial charge in [-0.15, -0.1) is 0 Å². The van der Waals surface area contributed by atoms with Crippen LogP contribution in [0.1, 0.15) is 5.69 Å². The number of hydrogen-bond acceptors (Lipinski definition) is 4. The molecule has 0 aromatic carbocycles. The van der Waals surface area contributed by atoms with E-state index in [1.54, 1.807) is 6.92 Å². The monoisotopic (exact) mass is 196 g/mol. The van der Waals surface area contributed by atoms with Crippen LogP contribution >= 0.6 is 0 Å². The smallest absolute Gasteiger partial charge is 0.252 e. The molecular formula is C9H16N4O. The quantitative estimate of drug-likeness (QED) is 0.714. The third-order valence-electron chi connectivity index (χ3n) is 1.72. The van der Waals surface area contributed by atoms with Crippen LogP contribution in [0, 0.1) is 6.92 Å². The highest BCUT2D eigenvalue weighted by atomic mass is 16.1. The van der Waals surface area contributed by atoms with Gasteiger partial charge in [-0.2, -0.15) is 0 Å². The standard InChI is InChI=1S/C9H16N4O/c1-7-6-8(14)12-9(11-7)10-4-5-13(2)3/h6H,4-5H2,1-3H3,(H2,10,11,12,14). The van der Waals surface area contributed by atoms with Crippen LogP contribution < -0.4 is 10.9 Å². The first-order valence-electron chi connectivity index (χ1n) is 4.54. The molecule has 0 fully saturated rings. The number of aromatic amines is 1. The Hall–Kier alpha value is -1.36. The Kier molecular flexibility index (Phi) is 3.64. The summed E-state index contributed by atoms with van der Waals surface area (Å²) in [6, 6.07) is 1.47. The SMILES string of the molecule is Cc1cc(=O)[nH]c(NCCN(C)C)n1. The number of aryl methyl sites for hydroxylation is 1. The fourth-order valence-corrected chi connectivity index (χ4v) is 1.06. The summed E-state index contributed by atoms with van der Waals surface area (Å²) in [7, 11) is 3.99. The maximum atomic E-state index is 11.1. The Morgan fingerprint density at radius 2 is 2.29 bits per heavy atom. The van der Waals surface area contributed by atoms with Crippen LogP contribution in [0.4, 0.5) is 5.95 Å². The van der Waals surface area contributed by atoms with Gasteiger partial charge < -0.3 is 10.2 Å². The van der Waals surface area contributed by atoms with Crippen LogP contribution in [0.25, 0.3) is 0 Å². The van der Waals surface area contributed by atoms with E-state index in [1.807, 2.05) is 14.1 Å². The molecule has 5 heteroatoms. The third kappa shape index (κ3) is 3.57. The van der Waals surface area contributed by atoms with Gasteiger partial charge in [-0.1, -0.05) is 0 Å². The average molecular weight is 196 g/mol. The third-order valence-corrected chi connectivity index (χ3v) is 1.72. The van der Waals surface area contributed by atoms with Crippen molar-refractivity contribution in [3.8, 4) is 0 Å². The van der Waals surface area contributed by atoms with Crippen LogP contribution in [-0.2, 0) is 0 Å². The molecule has 0 amide bonds. The largest absolute Gasteiger partial charge is 0.354 e. The Labute approximate surface area is 83.2 Å². The second kappa shape index (κ2) is 4.76. The summed E-state index contributed by atoms with van der Waals surface area (Å²) in [5.74, 6) is 0.539. The molecule has 14 heavy (non-hydrogen) atoms. The first kappa shape index (κ1) is 10.7. The normalized spacial score (nSPS) is 10.6. The molecule has 0 aliphatic heterocycles. The summed E-state index contributed by atoms with van der Waals surface area (Å²) < 4.78 is 0. The van der Waals surface area contributed by atoms with Gasteiger partial charge in [0.05, 0.1) is 0 Å². The first-order chi connectivity index (χ1) is 6.58. The minimum atomic E-state index is -0.121. The minimum absolute atomic E-state index is 0.121. The molecular weight excluding hydrogens is 180 g/mol. The molecule has 0 saturated carbocycles. The summed E-state index contributed by atoms with van der Waals surface area (Å²) in [6.07, 6.45) is 0. The molecule has 1 aromatic rings. The lowest BCUT2D eigenvalue weighted by Gasteiger charge is -2.10. The molecule has 0 unspecified atom stereocenters. The van der Waals surface area contributed by atoms with Crippen LogP contribution in [-0.4, -0.2) is 42.1 Å². The van der Waals surface area contributed by atoms with Gasteiger partial charge in [0.2, 0.25) is 5.95 Å². The van der Waals surface area contributed by atoms with E-state index >= 15 is 0 Å². The van der Waals surface area contributed by atoms with E-state index < -0.39 is 0 Å². The molecule has 0 aliphatic rings. The van der Waals surface area contributed by atoms with Crippen molar-refractivity contribution in [2.24, 2.45) is 0 Å². The summed E-state index contributed by atoms with van der Waals surface area (Å²) in [5, 5.41) is 3.05. The summed E-state index contributed by atoms with van der Waals surface area (Å²) in [6.45, 7) is 3.46. The Bertz CT molecular complexity index is 345. The van der Waals surface area contributed by atoms with Gasteiger partial charge in [0.1, 0.15) is 0 Å². The Morgan fingerprint density at radius 3 is 2.86 bits per heavy atom. The van der Waals surface area contributed by atoms with Crippen molar-refractivity contribution in [3.05, 3.63) is 22.1 Å². The molecule has 0 aliphatic carbocycles. The van der Waals surface area contributed by atoms with E-state index in [4.69, 9.17) is 0 Å². The van der Waals surface area contributed by atoms with Crippen molar-refractivity contribution in [1.29, 1.82) is 0 Å². The summed E-state index contributed by atoms with van der Waals surface area (Å²) in [4.78, 5) is 19.9. The molecule has 0 atom stereocenters. The number of hydrogen-bond donors (Lipinski definition) is 2. The highest BCUT2D eigenvalue weighted by Gasteiger charge is 1.96. The second-order valence-electron chi connectivity index (χ2n) is 3.47. The number of rotatable bonds is 4. The zero-order chi connectivity index (χ0) is 10.6. The number of aromatic nitrogens is 2. The fraction of sp³-hybridized carbons (Fsp3) is 0.556. The zero-order valence-electron chi connectivity index (χ0n) is 8.79. The van der Waals surface area contributed by atoms with Crippen LogP contribution in [0.15, 0.2) is 10.9 Å². The van der Waals surface area contributed by atoms with E-state index in [9.17, 15) is 4.79 Å². The molecule has 78 valence electrons. The maximum Gasteiger partial charge on any atom is 0.252 e. The Morgan fingerprint density at radius 1 is 1.57 bits per heavy atom. The van der Waals surface area contributed by atoms with Gasteiger partial charge in [0.25, 0.3) is 5.56 Å². The number of nitrogens with one attached hydrogen (secondary N) is 2. The lowest BCUT2D eigenvalue weighted by atomic mass is 10.4. The highest BCUT2D eigenvalue weighted by molar-refractivity contribution is 5.24. The maximum absolute atomic E-state index is 11.1. The van der Waals surface area contributed by atoms with Crippen molar-refractivity contribution in [1.82, 2.24) is 14.9 Å². The predicted molar refractivity (Wildman–Crippen MR) is 56.6 cm³/mol. The average Bonchev–Trinajstić information content (AvgIpc) is 2.01. The lowest BCUT2D eigenvalue weighted by Crippen LogP contribution is -2.22. The minimum Gasteiger partial charge on any atom is -0.354 e. The van der Waals surface area contributed by atoms with Crippen molar-refractivity contribution in [3.63, 3.8) is 0 Å². The Balaban J connectivity index is 2.55. The van der Waals surface area contributed by atoms with Gasteiger partial charge in [-0.05, 0) is 21.0 Å². The van der Waals surface area contributed by atoms with Gasteiger partial charge in [0.15, 0.2) is 0 Å². The summed E-state index contributed by atoms with van der Waals surface area (Å²) in [5.41, 5.74) is 0.603. The van der Waals surface area contributed by atoms with E-state index in [0.717, 1.165) is 18.8 Å².